The summed E-state index contributed by atoms with van der Waals surface area (Å²) in [5.74, 6) is -0.183. The summed E-state index contributed by atoms with van der Waals surface area (Å²) in [7, 11) is 3.39. The Morgan fingerprint density at radius 2 is 1.58 bits per heavy atom. The maximum atomic E-state index is 13.2. The molecule has 0 N–H and O–H groups in total. The number of amides is 1. The standard InChI is InChI=1S/C17H30N3O3P/c1-8-17(2,3)16(21)20(14-15-12-10-9-11-13-15)23-24(22,18(4)5)19(6)7/h9-13H,8,14H2,1-7H3. The molecule has 0 unspecified atom stereocenters. The van der Waals surface area contributed by atoms with Gasteiger partial charge in [0.05, 0.1) is 6.54 Å². The zero-order valence-corrected chi connectivity index (χ0v) is 16.7. The van der Waals surface area contributed by atoms with Crippen LogP contribution >= 0.6 is 7.67 Å². The molecule has 1 aromatic carbocycles. The summed E-state index contributed by atoms with van der Waals surface area (Å²) in [4.78, 5) is 13.0. The topological polar surface area (TPSA) is 53.1 Å². The van der Waals surface area contributed by atoms with E-state index in [-0.39, 0.29) is 12.5 Å². The average Bonchev–Trinajstić information content (AvgIpc) is 2.53. The molecular weight excluding hydrogens is 325 g/mol. The Bertz CT molecular complexity index is 576. The van der Waals surface area contributed by atoms with Gasteiger partial charge in [0.25, 0.3) is 5.91 Å². The molecule has 0 radical (unpaired) electrons. The molecule has 24 heavy (non-hydrogen) atoms. The molecule has 0 saturated heterocycles. The van der Waals surface area contributed by atoms with Gasteiger partial charge in [0, 0.05) is 5.41 Å². The number of rotatable bonds is 8. The zero-order valence-electron chi connectivity index (χ0n) is 15.8. The van der Waals surface area contributed by atoms with Crippen molar-refractivity contribution in [3.8, 4) is 0 Å². The van der Waals surface area contributed by atoms with E-state index < -0.39 is 13.1 Å². The highest BCUT2D eigenvalue weighted by atomic mass is 31.2. The van der Waals surface area contributed by atoms with Crippen LogP contribution in [0.1, 0.15) is 32.8 Å². The summed E-state index contributed by atoms with van der Waals surface area (Å²) in [5.41, 5.74) is 0.319. The van der Waals surface area contributed by atoms with Gasteiger partial charge in [-0.25, -0.2) is 14.4 Å². The first-order valence-corrected chi connectivity index (χ1v) is 9.59. The van der Waals surface area contributed by atoms with E-state index in [0.717, 1.165) is 5.56 Å². The molecular formula is C17H30N3O3P. The second kappa shape index (κ2) is 8.26. The number of hydrogen-bond donors (Lipinski definition) is 0. The van der Waals surface area contributed by atoms with Gasteiger partial charge in [-0.05, 0) is 40.2 Å². The van der Waals surface area contributed by atoms with E-state index in [1.54, 1.807) is 28.2 Å². The van der Waals surface area contributed by atoms with Gasteiger partial charge in [-0.2, -0.15) is 4.62 Å². The maximum absolute atomic E-state index is 13.2. The van der Waals surface area contributed by atoms with Crippen LogP contribution in [0.4, 0.5) is 0 Å². The number of hydrogen-bond acceptors (Lipinski definition) is 3. The maximum Gasteiger partial charge on any atom is 0.366 e. The predicted molar refractivity (Wildman–Crippen MR) is 97.1 cm³/mol. The van der Waals surface area contributed by atoms with Crippen LogP contribution in [-0.2, 0) is 20.5 Å². The van der Waals surface area contributed by atoms with Crippen molar-refractivity contribution >= 4 is 13.6 Å². The Kier molecular flexibility index (Phi) is 7.17. The van der Waals surface area contributed by atoms with Gasteiger partial charge < -0.3 is 0 Å². The molecule has 7 heteroatoms. The van der Waals surface area contributed by atoms with Gasteiger partial charge in [-0.3, -0.25) is 9.36 Å². The molecule has 1 aromatic rings. The Morgan fingerprint density at radius 3 is 2.00 bits per heavy atom. The molecule has 1 rings (SSSR count). The van der Waals surface area contributed by atoms with E-state index in [1.165, 1.54) is 14.4 Å². The summed E-state index contributed by atoms with van der Waals surface area (Å²) in [5, 5.41) is 1.25. The van der Waals surface area contributed by atoms with Gasteiger partial charge >= 0.3 is 7.67 Å². The normalized spacial score (nSPS) is 12.7. The van der Waals surface area contributed by atoms with E-state index in [0.29, 0.717) is 6.42 Å². The Morgan fingerprint density at radius 1 is 1.08 bits per heavy atom. The average molecular weight is 355 g/mol. The van der Waals surface area contributed by atoms with Gasteiger partial charge in [0.2, 0.25) is 0 Å². The minimum absolute atomic E-state index is 0.183. The lowest BCUT2D eigenvalue weighted by Gasteiger charge is -2.36. The van der Waals surface area contributed by atoms with Crippen LogP contribution in [0.5, 0.6) is 0 Å². The van der Waals surface area contributed by atoms with Crippen LogP contribution in [-0.4, -0.2) is 48.5 Å². The molecule has 0 fully saturated rings. The van der Waals surface area contributed by atoms with Crippen LogP contribution in [0.15, 0.2) is 30.3 Å². The van der Waals surface area contributed by atoms with E-state index in [9.17, 15) is 9.36 Å². The van der Waals surface area contributed by atoms with Crippen LogP contribution in [0.3, 0.4) is 0 Å². The van der Waals surface area contributed by atoms with Crippen LogP contribution in [0.25, 0.3) is 0 Å². The first-order valence-electron chi connectivity index (χ1n) is 8.06. The summed E-state index contributed by atoms with van der Waals surface area (Å²) in [6.45, 7) is 5.94. The molecule has 0 heterocycles. The highest BCUT2D eigenvalue weighted by Gasteiger charge is 2.38. The summed E-state index contributed by atoms with van der Waals surface area (Å²) >= 11 is 0. The van der Waals surface area contributed by atoms with E-state index in [1.807, 2.05) is 51.1 Å². The highest BCUT2D eigenvalue weighted by Crippen LogP contribution is 2.52. The van der Waals surface area contributed by atoms with Crippen molar-refractivity contribution in [1.29, 1.82) is 0 Å². The van der Waals surface area contributed by atoms with E-state index in [4.69, 9.17) is 4.62 Å². The van der Waals surface area contributed by atoms with Gasteiger partial charge in [-0.1, -0.05) is 51.1 Å². The molecule has 1 amide bonds. The number of benzene rings is 1. The van der Waals surface area contributed by atoms with Crippen molar-refractivity contribution in [2.75, 3.05) is 28.2 Å². The van der Waals surface area contributed by atoms with Crippen molar-refractivity contribution in [3.63, 3.8) is 0 Å². The first-order chi connectivity index (χ1) is 11.0. The van der Waals surface area contributed by atoms with Crippen LogP contribution in [0.2, 0.25) is 0 Å². The van der Waals surface area contributed by atoms with Crippen LogP contribution < -0.4 is 0 Å². The van der Waals surface area contributed by atoms with E-state index in [2.05, 4.69) is 0 Å². The summed E-state index contributed by atoms with van der Waals surface area (Å²) < 4.78 is 22.0. The summed E-state index contributed by atoms with van der Waals surface area (Å²) in [6.07, 6.45) is 0.661. The molecule has 0 aliphatic rings. The monoisotopic (exact) mass is 355 g/mol. The number of carbonyl (C=O) groups excluding carboxylic acids is 1. The SMILES string of the molecule is CCC(C)(C)C(=O)N(Cc1ccccc1)OP(=O)(N(C)C)N(C)C. The quantitative estimate of drug-likeness (QED) is 0.527. The molecule has 0 aliphatic heterocycles. The minimum atomic E-state index is -3.32. The molecule has 0 spiro atoms. The molecule has 6 nitrogen and oxygen atoms in total. The Labute approximate surface area is 145 Å². The second-order valence-corrected chi connectivity index (χ2v) is 9.58. The fourth-order valence-electron chi connectivity index (χ4n) is 2.01. The van der Waals surface area contributed by atoms with Crippen molar-refractivity contribution in [2.45, 2.75) is 33.7 Å². The van der Waals surface area contributed by atoms with E-state index >= 15 is 0 Å². The Balaban J connectivity index is 3.18. The number of carbonyl (C=O) groups is 1. The molecule has 0 saturated carbocycles. The molecule has 0 bridgehead atoms. The van der Waals surface area contributed by atoms with Gasteiger partial charge in [0.15, 0.2) is 0 Å². The lowest BCUT2D eigenvalue weighted by Crippen LogP contribution is -2.41. The van der Waals surface area contributed by atoms with Crippen molar-refractivity contribution < 1.29 is 14.0 Å². The largest absolute Gasteiger partial charge is 0.366 e. The minimum Gasteiger partial charge on any atom is -0.272 e. The third-order valence-electron chi connectivity index (χ3n) is 4.07. The third-order valence-corrected chi connectivity index (χ3v) is 6.51. The Hall–Kier alpha value is -1.20. The zero-order chi connectivity index (χ0) is 18.5. The van der Waals surface area contributed by atoms with Gasteiger partial charge in [-0.15, -0.1) is 0 Å². The number of hydroxylamine groups is 2. The lowest BCUT2D eigenvalue weighted by molar-refractivity contribution is -0.171. The van der Waals surface area contributed by atoms with Crippen molar-refractivity contribution in [3.05, 3.63) is 35.9 Å². The third kappa shape index (κ3) is 4.90. The smallest absolute Gasteiger partial charge is 0.272 e. The van der Waals surface area contributed by atoms with Crippen molar-refractivity contribution in [2.24, 2.45) is 5.41 Å². The summed E-state index contributed by atoms with van der Waals surface area (Å²) in [6, 6.07) is 9.55. The molecule has 136 valence electrons. The first kappa shape index (κ1) is 20.8. The number of nitrogens with zero attached hydrogens (tertiary/aromatic N) is 3. The predicted octanol–water partition coefficient (Wildman–Crippen LogP) is 3.61. The highest BCUT2D eigenvalue weighted by molar-refractivity contribution is 7.53. The lowest BCUT2D eigenvalue weighted by atomic mass is 9.89. The van der Waals surface area contributed by atoms with Gasteiger partial charge in [0.1, 0.15) is 0 Å². The molecule has 0 aromatic heterocycles. The van der Waals surface area contributed by atoms with Crippen molar-refractivity contribution in [1.82, 2.24) is 14.4 Å². The fourth-order valence-corrected chi connectivity index (χ4v) is 3.40. The molecule has 0 aliphatic carbocycles. The second-order valence-electron chi connectivity index (χ2n) is 6.83. The fraction of sp³-hybridized carbons (Fsp3) is 0.588. The van der Waals surface area contributed by atoms with Crippen LogP contribution in [0, 0.1) is 5.41 Å². The molecule has 0 atom stereocenters.